The molecular weight excluding hydrogens is 126 g/mol. The molecule has 2 N–H and O–H groups in total. The quantitative estimate of drug-likeness (QED) is 0.626. The number of primary amides is 1. The molecule has 0 aliphatic carbocycles. The van der Waals surface area contributed by atoms with E-state index in [2.05, 4.69) is 0 Å². The lowest BCUT2D eigenvalue weighted by Gasteiger charge is -2.26. The second-order valence-electron chi connectivity index (χ2n) is 3.73. The number of nitrogens with two attached hydrogens (primary N) is 1. The molecule has 1 atom stereocenters. The molecule has 2 nitrogen and oxygen atoms in total. The first-order chi connectivity index (χ1) is 4.39. The van der Waals surface area contributed by atoms with Crippen LogP contribution in [0.3, 0.4) is 0 Å². The predicted octanol–water partition coefficient (Wildman–Crippen LogP) is 1.54. The van der Waals surface area contributed by atoms with E-state index in [1.807, 2.05) is 27.7 Å². The smallest absolute Gasteiger partial charge is 0.221 e. The maximum atomic E-state index is 10.8. The van der Waals surface area contributed by atoms with E-state index >= 15 is 0 Å². The third-order valence-corrected chi connectivity index (χ3v) is 1.80. The van der Waals surface area contributed by atoms with Gasteiger partial charge in [-0.3, -0.25) is 4.79 Å². The van der Waals surface area contributed by atoms with E-state index < -0.39 is 0 Å². The van der Waals surface area contributed by atoms with Crippen LogP contribution in [-0.4, -0.2) is 5.91 Å². The molecule has 0 aliphatic rings. The molecule has 1 amide bonds. The van der Waals surface area contributed by atoms with Crippen molar-refractivity contribution in [3.8, 4) is 0 Å². The Bertz CT molecular complexity index is 124. The lowest BCUT2D eigenvalue weighted by Crippen LogP contribution is -2.33. The van der Waals surface area contributed by atoms with Gasteiger partial charge in [0.25, 0.3) is 0 Å². The van der Waals surface area contributed by atoms with Gasteiger partial charge in [-0.15, -0.1) is 0 Å². The first kappa shape index (κ1) is 9.47. The van der Waals surface area contributed by atoms with Crippen LogP contribution < -0.4 is 5.73 Å². The molecule has 0 aromatic carbocycles. The zero-order chi connectivity index (χ0) is 8.36. The summed E-state index contributed by atoms with van der Waals surface area (Å²) in [4.78, 5) is 10.8. The van der Waals surface area contributed by atoms with Gasteiger partial charge in [0.2, 0.25) is 5.91 Å². The van der Waals surface area contributed by atoms with E-state index in [0.717, 1.165) is 6.42 Å². The molecule has 0 unspecified atom stereocenters. The van der Waals surface area contributed by atoms with E-state index in [1.54, 1.807) is 0 Å². The Balaban J connectivity index is 4.22. The Kier molecular flexibility index (Phi) is 2.88. The molecular formula is C8H17NO. The maximum Gasteiger partial charge on any atom is 0.221 e. The molecule has 0 radical (unpaired) electrons. The Hall–Kier alpha value is -0.530. The van der Waals surface area contributed by atoms with Crippen LogP contribution in [0, 0.1) is 11.3 Å². The summed E-state index contributed by atoms with van der Waals surface area (Å²) < 4.78 is 0. The first-order valence-electron chi connectivity index (χ1n) is 3.69. The summed E-state index contributed by atoms with van der Waals surface area (Å²) >= 11 is 0. The van der Waals surface area contributed by atoms with Crippen molar-refractivity contribution in [3.05, 3.63) is 0 Å². The minimum Gasteiger partial charge on any atom is -0.369 e. The number of carbonyl (C=O) groups excluding carboxylic acids is 1. The van der Waals surface area contributed by atoms with Gasteiger partial charge < -0.3 is 5.73 Å². The number of rotatable bonds is 2. The minimum atomic E-state index is -0.185. The van der Waals surface area contributed by atoms with E-state index in [1.165, 1.54) is 0 Å². The van der Waals surface area contributed by atoms with Crippen molar-refractivity contribution >= 4 is 5.91 Å². The Morgan fingerprint density at radius 1 is 1.50 bits per heavy atom. The minimum absolute atomic E-state index is 0.00694. The number of carbonyl (C=O) groups is 1. The van der Waals surface area contributed by atoms with Gasteiger partial charge in [0.15, 0.2) is 0 Å². The lowest BCUT2D eigenvalue weighted by molar-refractivity contribution is -0.125. The number of hydrogen-bond donors (Lipinski definition) is 1. The van der Waals surface area contributed by atoms with Gasteiger partial charge in [-0.25, -0.2) is 0 Å². The second-order valence-corrected chi connectivity index (χ2v) is 3.73. The van der Waals surface area contributed by atoms with Crippen LogP contribution in [0.4, 0.5) is 0 Å². The fraction of sp³-hybridized carbons (Fsp3) is 0.875. The summed E-state index contributed by atoms with van der Waals surface area (Å²) in [5.74, 6) is -0.178. The highest BCUT2D eigenvalue weighted by atomic mass is 16.1. The molecule has 2 heteroatoms. The Morgan fingerprint density at radius 3 is 1.90 bits per heavy atom. The third kappa shape index (κ3) is 2.38. The summed E-state index contributed by atoms with van der Waals surface area (Å²) in [7, 11) is 0. The van der Waals surface area contributed by atoms with Crippen LogP contribution in [0.5, 0.6) is 0 Å². The van der Waals surface area contributed by atoms with Gasteiger partial charge in [0.05, 0.1) is 0 Å². The molecule has 0 bridgehead atoms. The van der Waals surface area contributed by atoms with Crippen LogP contribution in [0.1, 0.15) is 34.1 Å². The standard InChI is InChI=1S/C8H17NO/c1-5-6(7(9)10)8(2,3)4/h6H,5H2,1-4H3,(H2,9,10)/t6-/m0/s1. The van der Waals surface area contributed by atoms with Gasteiger partial charge in [0.1, 0.15) is 0 Å². The largest absolute Gasteiger partial charge is 0.369 e. The molecule has 0 heterocycles. The zero-order valence-electron chi connectivity index (χ0n) is 7.27. The van der Waals surface area contributed by atoms with Gasteiger partial charge >= 0.3 is 0 Å². The van der Waals surface area contributed by atoms with Crippen LogP contribution in [-0.2, 0) is 4.79 Å². The van der Waals surface area contributed by atoms with Crippen molar-refractivity contribution in [3.63, 3.8) is 0 Å². The molecule has 0 saturated heterocycles. The first-order valence-corrected chi connectivity index (χ1v) is 3.69. The predicted molar refractivity (Wildman–Crippen MR) is 42.4 cm³/mol. The Labute approximate surface area is 62.8 Å². The molecule has 0 saturated carbocycles. The molecule has 0 spiro atoms. The average Bonchev–Trinajstić information content (AvgIpc) is 1.60. The maximum absolute atomic E-state index is 10.8. The van der Waals surface area contributed by atoms with E-state index in [-0.39, 0.29) is 17.2 Å². The summed E-state index contributed by atoms with van der Waals surface area (Å²) in [5.41, 5.74) is 5.21. The summed E-state index contributed by atoms with van der Waals surface area (Å²) in [6.45, 7) is 8.09. The average molecular weight is 143 g/mol. The molecule has 0 aliphatic heterocycles. The van der Waals surface area contributed by atoms with Crippen LogP contribution in [0.15, 0.2) is 0 Å². The summed E-state index contributed by atoms with van der Waals surface area (Å²) in [6, 6.07) is 0. The van der Waals surface area contributed by atoms with Crippen molar-refractivity contribution in [1.82, 2.24) is 0 Å². The summed E-state index contributed by atoms with van der Waals surface area (Å²) in [6.07, 6.45) is 0.832. The van der Waals surface area contributed by atoms with Crippen LogP contribution in [0.2, 0.25) is 0 Å². The van der Waals surface area contributed by atoms with Crippen molar-refractivity contribution < 1.29 is 4.79 Å². The fourth-order valence-electron chi connectivity index (χ4n) is 1.24. The van der Waals surface area contributed by atoms with E-state index in [0.29, 0.717) is 0 Å². The molecule has 0 aromatic rings. The highest BCUT2D eigenvalue weighted by molar-refractivity contribution is 5.77. The van der Waals surface area contributed by atoms with Gasteiger partial charge in [0, 0.05) is 5.92 Å². The molecule has 10 heavy (non-hydrogen) atoms. The fourth-order valence-corrected chi connectivity index (χ4v) is 1.24. The lowest BCUT2D eigenvalue weighted by atomic mass is 9.79. The van der Waals surface area contributed by atoms with Crippen molar-refractivity contribution in [2.24, 2.45) is 17.1 Å². The highest BCUT2D eigenvalue weighted by Gasteiger charge is 2.27. The SMILES string of the molecule is CC[C@@H](C(N)=O)C(C)(C)C. The monoisotopic (exact) mass is 143 g/mol. The molecule has 0 aromatic heterocycles. The van der Waals surface area contributed by atoms with Crippen molar-refractivity contribution in [1.29, 1.82) is 0 Å². The van der Waals surface area contributed by atoms with Crippen LogP contribution in [0.25, 0.3) is 0 Å². The molecule has 0 rings (SSSR count). The van der Waals surface area contributed by atoms with Crippen molar-refractivity contribution in [2.75, 3.05) is 0 Å². The van der Waals surface area contributed by atoms with Gasteiger partial charge in [-0.1, -0.05) is 27.7 Å². The topological polar surface area (TPSA) is 43.1 Å². The number of hydrogen-bond acceptors (Lipinski definition) is 1. The normalized spacial score (nSPS) is 14.8. The van der Waals surface area contributed by atoms with Gasteiger partial charge in [-0.2, -0.15) is 0 Å². The molecule has 60 valence electrons. The van der Waals surface area contributed by atoms with E-state index in [4.69, 9.17) is 5.73 Å². The summed E-state index contributed by atoms with van der Waals surface area (Å²) in [5, 5.41) is 0. The van der Waals surface area contributed by atoms with E-state index in [9.17, 15) is 4.79 Å². The third-order valence-electron chi connectivity index (χ3n) is 1.80. The van der Waals surface area contributed by atoms with Crippen molar-refractivity contribution in [2.45, 2.75) is 34.1 Å². The second kappa shape index (κ2) is 3.04. The zero-order valence-corrected chi connectivity index (χ0v) is 7.27. The number of amides is 1. The Morgan fingerprint density at radius 2 is 1.90 bits per heavy atom. The van der Waals surface area contributed by atoms with Gasteiger partial charge in [-0.05, 0) is 11.8 Å². The van der Waals surface area contributed by atoms with Crippen LogP contribution >= 0.6 is 0 Å². The molecule has 0 fully saturated rings. The highest BCUT2D eigenvalue weighted by Crippen LogP contribution is 2.27.